The van der Waals surface area contributed by atoms with Crippen molar-refractivity contribution in [3.8, 4) is 6.07 Å². The van der Waals surface area contributed by atoms with E-state index in [1.54, 1.807) is 0 Å². The Morgan fingerprint density at radius 3 is 2.50 bits per heavy atom. The number of rotatable bonds is 7. The first-order chi connectivity index (χ1) is 9.40. The molecule has 0 spiro atoms. The van der Waals surface area contributed by atoms with Gasteiger partial charge in [-0.1, -0.05) is 0 Å². The van der Waals surface area contributed by atoms with Crippen molar-refractivity contribution >= 4 is 27.8 Å². The molecule has 8 heteroatoms. The van der Waals surface area contributed by atoms with Gasteiger partial charge in [0.05, 0.1) is 16.5 Å². The van der Waals surface area contributed by atoms with E-state index in [0.717, 1.165) is 0 Å². The minimum atomic E-state index is -3.91. The fourth-order valence-electron chi connectivity index (χ4n) is 1.43. The lowest BCUT2D eigenvalue weighted by molar-refractivity contribution is -0.139. The van der Waals surface area contributed by atoms with Gasteiger partial charge >= 0.3 is 5.97 Å². The van der Waals surface area contributed by atoms with Crippen LogP contribution in [0.25, 0.3) is 0 Å². The van der Waals surface area contributed by atoms with E-state index in [9.17, 15) is 13.2 Å². The highest BCUT2D eigenvalue weighted by Crippen LogP contribution is 2.12. The van der Waals surface area contributed by atoms with Gasteiger partial charge in [0.1, 0.15) is 6.04 Å². The number of nitriles is 1. The van der Waals surface area contributed by atoms with Crippen molar-refractivity contribution in [1.82, 2.24) is 4.72 Å². The molecule has 0 saturated carbocycles. The first-order valence-corrected chi connectivity index (χ1v) is 8.52. The number of aliphatic carboxylic acids is 1. The average Bonchev–Trinajstić information content (AvgIpc) is 2.43. The Morgan fingerprint density at radius 1 is 1.45 bits per heavy atom. The fraction of sp³-hybridized carbons (Fsp3) is 0.333. The smallest absolute Gasteiger partial charge is 0.321 e. The summed E-state index contributed by atoms with van der Waals surface area (Å²) in [5.41, 5.74) is 0.334. The highest BCUT2D eigenvalue weighted by Gasteiger charge is 2.24. The molecule has 0 radical (unpaired) electrons. The Hall–Kier alpha value is -1.56. The molecule has 1 rings (SSSR count). The number of nitrogens with one attached hydrogen (secondary N) is 1. The van der Waals surface area contributed by atoms with Gasteiger partial charge in [-0.2, -0.15) is 21.7 Å². The van der Waals surface area contributed by atoms with E-state index in [2.05, 4.69) is 4.72 Å². The Morgan fingerprint density at radius 2 is 2.05 bits per heavy atom. The lowest BCUT2D eigenvalue weighted by Crippen LogP contribution is -2.41. The van der Waals surface area contributed by atoms with Gasteiger partial charge in [0, 0.05) is 0 Å². The summed E-state index contributed by atoms with van der Waals surface area (Å²) in [5.74, 6) is -0.677. The molecule has 0 aliphatic heterocycles. The van der Waals surface area contributed by atoms with Crippen LogP contribution in [0.4, 0.5) is 0 Å². The molecule has 0 bridgehead atoms. The third kappa shape index (κ3) is 4.52. The first-order valence-electron chi connectivity index (χ1n) is 5.65. The number of carboxylic acid groups (broad SMARTS) is 1. The van der Waals surface area contributed by atoms with Gasteiger partial charge in [-0.15, -0.1) is 0 Å². The first kappa shape index (κ1) is 16.5. The summed E-state index contributed by atoms with van der Waals surface area (Å²) in [6.45, 7) is 0. The molecule has 1 atom stereocenters. The van der Waals surface area contributed by atoms with E-state index < -0.39 is 22.0 Å². The second kappa shape index (κ2) is 7.28. The minimum Gasteiger partial charge on any atom is -0.480 e. The zero-order valence-electron chi connectivity index (χ0n) is 10.7. The van der Waals surface area contributed by atoms with Crippen LogP contribution in [0.5, 0.6) is 0 Å². The Bertz CT molecular complexity index is 605. The monoisotopic (exact) mass is 314 g/mol. The zero-order chi connectivity index (χ0) is 15.2. The van der Waals surface area contributed by atoms with Crippen molar-refractivity contribution in [2.45, 2.75) is 17.4 Å². The van der Waals surface area contributed by atoms with Crippen LogP contribution in [-0.2, 0) is 14.8 Å². The third-order valence-corrected chi connectivity index (χ3v) is 4.63. The van der Waals surface area contributed by atoms with Gasteiger partial charge in [-0.05, 0) is 42.7 Å². The average molecular weight is 314 g/mol. The van der Waals surface area contributed by atoms with Crippen LogP contribution in [0, 0.1) is 11.3 Å². The van der Waals surface area contributed by atoms with Crippen LogP contribution in [-0.4, -0.2) is 37.5 Å². The molecule has 108 valence electrons. The van der Waals surface area contributed by atoms with Crippen LogP contribution in [0.15, 0.2) is 29.2 Å². The fourth-order valence-corrected chi connectivity index (χ4v) is 3.13. The van der Waals surface area contributed by atoms with Gasteiger partial charge in [0.25, 0.3) is 0 Å². The molecule has 2 N–H and O–H groups in total. The van der Waals surface area contributed by atoms with Crippen LogP contribution in [0.3, 0.4) is 0 Å². The number of nitrogens with zero attached hydrogens (tertiary/aromatic N) is 1. The van der Waals surface area contributed by atoms with Crippen molar-refractivity contribution in [3.63, 3.8) is 0 Å². The molecular formula is C12H14N2O4S2. The van der Waals surface area contributed by atoms with Crippen LogP contribution in [0.1, 0.15) is 12.0 Å². The molecule has 0 heterocycles. The van der Waals surface area contributed by atoms with E-state index in [4.69, 9.17) is 10.4 Å². The highest BCUT2D eigenvalue weighted by molar-refractivity contribution is 7.98. The molecule has 0 saturated heterocycles. The zero-order valence-corrected chi connectivity index (χ0v) is 12.4. The molecule has 1 unspecified atom stereocenters. The van der Waals surface area contributed by atoms with E-state index in [0.29, 0.717) is 11.3 Å². The minimum absolute atomic E-state index is 0.0631. The Balaban J connectivity index is 2.91. The van der Waals surface area contributed by atoms with E-state index in [1.165, 1.54) is 36.0 Å². The second-order valence-corrected chi connectivity index (χ2v) is 6.63. The molecule has 0 amide bonds. The number of benzene rings is 1. The quantitative estimate of drug-likeness (QED) is 0.778. The van der Waals surface area contributed by atoms with Crippen LogP contribution >= 0.6 is 11.8 Å². The maximum Gasteiger partial charge on any atom is 0.321 e. The second-order valence-electron chi connectivity index (χ2n) is 3.93. The molecule has 0 aliphatic rings. The summed E-state index contributed by atoms with van der Waals surface area (Å²) in [5, 5.41) is 17.7. The van der Waals surface area contributed by atoms with E-state index >= 15 is 0 Å². The van der Waals surface area contributed by atoms with Gasteiger partial charge in [-0.25, -0.2) is 8.42 Å². The largest absolute Gasteiger partial charge is 0.480 e. The predicted octanol–water partition coefficient (Wildman–Crippen LogP) is 1.04. The normalized spacial score (nSPS) is 12.6. The Kier molecular flexibility index (Phi) is 6.01. The van der Waals surface area contributed by atoms with Crippen molar-refractivity contribution in [2.75, 3.05) is 12.0 Å². The lowest BCUT2D eigenvalue weighted by Gasteiger charge is -2.14. The molecule has 6 nitrogen and oxygen atoms in total. The maximum absolute atomic E-state index is 12.0. The maximum atomic E-state index is 12.0. The SMILES string of the molecule is CSCCC(NS(=O)(=O)c1ccc(C#N)cc1)C(=O)O. The van der Waals surface area contributed by atoms with Gasteiger partial charge in [0.15, 0.2) is 0 Å². The molecule has 20 heavy (non-hydrogen) atoms. The summed E-state index contributed by atoms with van der Waals surface area (Å²) < 4.78 is 26.2. The van der Waals surface area contributed by atoms with Gasteiger partial charge in [-0.3, -0.25) is 4.79 Å². The van der Waals surface area contributed by atoms with Crippen molar-refractivity contribution < 1.29 is 18.3 Å². The molecule has 1 aromatic rings. The van der Waals surface area contributed by atoms with Crippen molar-refractivity contribution in [3.05, 3.63) is 29.8 Å². The summed E-state index contributed by atoms with van der Waals surface area (Å²) in [7, 11) is -3.91. The number of carbonyl (C=O) groups is 1. The molecule has 0 aromatic heterocycles. The van der Waals surface area contributed by atoms with E-state index in [-0.39, 0.29) is 11.3 Å². The lowest BCUT2D eigenvalue weighted by atomic mass is 10.2. The molecule has 0 fully saturated rings. The third-order valence-electron chi connectivity index (χ3n) is 2.50. The van der Waals surface area contributed by atoms with Crippen LogP contribution < -0.4 is 4.72 Å². The summed E-state index contributed by atoms with van der Waals surface area (Å²) >= 11 is 1.44. The van der Waals surface area contributed by atoms with Crippen LogP contribution in [0.2, 0.25) is 0 Å². The summed E-state index contributed by atoms with van der Waals surface area (Å²) in [6.07, 6.45) is 2.01. The molecule has 1 aromatic carbocycles. The number of sulfonamides is 1. The summed E-state index contributed by atoms with van der Waals surface area (Å²) in [6, 6.07) is 6.00. The standard InChI is InChI=1S/C12H14N2O4S2/c1-19-7-6-11(12(15)16)14-20(17,18)10-4-2-9(8-13)3-5-10/h2-5,11,14H,6-7H2,1H3,(H,15,16). The van der Waals surface area contributed by atoms with E-state index in [1.807, 2.05) is 12.3 Å². The molecular weight excluding hydrogens is 300 g/mol. The number of hydrogen-bond donors (Lipinski definition) is 2. The van der Waals surface area contributed by atoms with Gasteiger partial charge < -0.3 is 5.11 Å². The highest BCUT2D eigenvalue weighted by atomic mass is 32.2. The van der Waals surface area contributed by atoms with Gasteiger partial charge in [0.2, 0.25) is 10.0 Å². The number of hydrogen-bond acceptors (Lipinski definition) is 5. The van der Waals surface area contributed by atoms with Crippen molar-refractivity contribution in [2.24, 2.45) is 0 Å². The van der Waals surface area contributed by atoms with Crippen molar-refractivity contribution in [1.29, 1.82) is 5.26 Å². The topological polar surface area (TPSA) is 107 Å². The summed E-state index contributed by atoms with van der Waals surface area (Å²) in [4.78, 5) is 11.0. The Labute approximate surface area is 121 Å². The number of carboxylic acids is 1. The predicted molar refractivity (Wildman–Crippen MR) is 75.9 cm³/mol. The molecule has 0 aliphatic carbocycles. The number of thioether (sulfide) groups is 1.